The van der Waals surface area contributed by atoms with Crippen LogP contribution in [0.4, 0.5) is 0 Å². The Hall–Kier alpha value is -3.22. The molecular weight excluding hydrogens is 350 g/mol. The number of rotatable bonds is 10. The Morgan fingerprint density at radius 1 is 1.00 bits per heavy atom. The lowest BCUT2D eigenvalue weighted by Gasteiger charge is -2.10. The summed E-state index contributed by atoms with van der Waals surface area (Å²) in [5, 5.41) is 11.9. The fourth-order valence-electron chi connectivity index (χ4n) is 2.42. The molecule has 0 radical (unpaired) electrons. The first-order chi connectivity index (χ1) is 13.0. The number of amides is 1. The lowest BCUT2D eigenvalue weighted by atomic mass is 10.1. The van der Waals surface area contributed by atoms with Gasteiger partial charge in [-0.15, -0.1) is 0 Å². The summed E-state index contributed by atoms with van der Waals surface area (Å²) < 4.78 is 15.7. The van der Waals surface area contributed by atoms with E-state index in [0.29, 0.717) is 25.0 Å². The molecule has 7 heteroatoms. The Bertz CT molecular complexity index is 773. The fraction of sp³-hybridized carbons (Fsp3) is 0.300. The quantitative estimate of drug-likeness (QED) is 0.622. The minimum absolute atomic E-state index is 0.0668. The summed E-state index contributed by atoms with van der Waals surface area (Å²) in [5.74, 6) is 0.562. The van der Waals surface area contributed by atoms with Crippen molar-refractivity contribution in [1.82, 2.24) is 5.32 Å². The largest absolute Gasteiger partial charge is 0.497 e. The summed E-state index contributed by atoms with van der Waals surface area (Å²) >= 11 is 0. The molecule has 0 aliphatic rings. The number of methoxy groups -OCH3 is 2. The van der Waals surface area contributed by atoms with Gasteiger partial charge in [0.1, 0.15) is 22.8 Å². The molecule has 0 aliphatic carbocycles. The van der Waals surface area contributed by atoms with E-state index in [2.05, 4.69) is 5.32 Å². The topological polar surface area (TPSA) is 94.1 Å². The molecule has 2 rings (SSSR count). The van der Waals surface area contributed by atoms with Gasteiger partial charge in [0.2, 0.25) is 5.91 Å². The van der Waals surface area contributed by atoms with Crippen LogP contribution in [0.3, 0.4) is 0 Å². The van der Waals surface area contributed by atoms with Crippen LogP contribution >= 0.6 is 0 Å². The average molecular weight is 373 g/mol. The number of hydrogen-bond acceptors (Lipinski definition) is 5. The molecular formula is C20H23NO6. The van der Waals surface area contributed by atoms with Gasteiger partial charge in [0, 0.05) is 13.0 Å². The summed E-state index contributed by atoms with van der Waals surface area (Å²) in [4.78, 5) is 23.1. The molecule has 7 nitrogen and oxygen atoms in total. The maximum absolute atomic E-state index is 11.9. The van der Waals surface area contributed by atoms with Gasteiger partial charge in [0.05, 0.1) is 20.8 Å². The van der Waals surface area contributed by atoms with Crippen LogP contribution in [-0.4, -0.2) is 37.8 Å². The third-order valence-electron chi connectivity index (χ3n) is 3.86. The first-order valence-electron chi connectivity index (χ1n) is 8.47. The number of carboxylic acid groups (broad SMARTS) is 1. The van der Waals surface area contributed by atoms with Crippen molar-refractivity contribution in [3.05, 3.63) is 53.6 Å². The van der Waals surface area contributed by atoms with Crippen molar-refractivity contribution < 1.29 is 28.9 Å². The summed E-state index contributed by atoms with van der Waals surface area (Å²) in [6.07, 6.45) is 0.888. The van der Waals surface area contributed by atoms with Crippen molar-refractivity contribution >= 4 is 11.9 Å². The molecule has 0 saturated carbocycles. The van der Waals surface area contributed by atoms with Gasteiger partial charge in [-0.2, -0.15) is 0 Å². The predicted molar refractivity (Wildman–Crippen MR) is 99.5 cm³/mol. The Balaban J connectivity index is 1.73. The monoisotopic (exact) mass is 373 g/mol. The van der Waals surface area contributed by atoms with Crippen molar-refractivity contribution in [3.8, 4) is 17.2 Å². The first-order valence-corrected chi connectivity index (χ1v) is 8.47. The van der Waals surface area contributed by atoms with E-state index >= 15 is 0 Å². The maximum atomic E-state index is 11.9. The number of hydrogen-bond donors (Lipinski definition) is 2. The van der Waals surface area contributed by atoms with E-state index in [9.17, 15) is 14.7 Å². The molecule has 0 unspecified atom stereocenters. The van der Waals surface area contributed by atoms with Crippen LogP contribution in [-0.2, 0) is 11.3 Å². The molecule has 0 spiro atoms. The SMILES string of the molecule is COc1ccc(OCCCC(=O)NCc2ccc(OC)c(C(=O)O)c2)cc1. The second kappa shape index (κ2) is 10.1. The van der Waals surface area contributed by atoms with Crippen LogP contribution in [0.25, 0.3) is 0 Å². The van der Waals surface area contributed by atoms with Gasteiger partial charge in [0.25, 0.3) is 0 Å². The molecule has 0 saturated heterocycles. The second-order valence-corrected chi connectivity index (χ2v) is 5.74. The van der Waals surface area contributed by atoms with Crippen LogP contribution in [0, 0.1) is 0 Å². The second-order valence-electron chi connectivity index (χ2n) is 5.74. The zero-order valence-corrected chi connectivity index (χ0v) is 15.4. The van der Waals surface area contributed by atoms with Gasteiger partial charge in [-0.25, -0.2) is 4.79 Å². The van der Waals surface area contributed by atoms with E-state index in [-0.39, 0.29) is 23.8 Å². The zero-order chi connectivity index (χ0) is 19.6. The van der Waals surface area contributed by atoms with Crippen molar-refractivity contribution in [2.75, 3.05) is 20.8 Å². The fourth-order valence-corrected chi connectivity index (χ4v) is 2.42. The number of carbonyl (C=O) groups excluding carboxylic acids is 1. The molecule has 27 heavy (non-hydrogen) atoms. The van der Waals surface area contributed by atoms with Crippen molar-refractivity contribution in [1.29, 1.82) is 0 Å². The van der Waals surface area contributed by atoms with Crippen LogP contribution in [0.5, 0.6) is 17.2 Å². The summed E-state index contributed by atoms with van der Waals surface area (Å²) in [7, 11) is 3.01. The van der Waals surface area contributed by atoms with Crippen molar-refractivity contribution in [2.45, 2.75) is 19.4 Å². The highest BCUT2D eigenvalue weighted by Gasteiger charge is 2.12. The molecule has 1 amide bonds. The van der Waals surface area contributed by atoms with Gasteiger partial charge in [-0.1, -0.05) is 6.07 Å². The molecule has 0 aromatic heterocycles. The van der Waals surface area contributed by atoms with Crippen LogP contribution in [0.1, 0.15) is 28.8 Å². The summed E-state index contributed by atoms with van der Waals surface area (Å²) in [6, 6.07) is 12.0. The Morgan fingerprint density at radius 2 is 1.70 bits per heavy atom. The van der Waals surface area contributed by atoms with Gasteiger partial charge < -0.3 is 24.6 Å². The third kappa shape index (κ3) is 6.22. The molecule has 2 aromatic carbocycles. The van der Waals surface area contributed by atoms with Crippen LogP contribution < -0.4 is 19.5 Å². The molecule has 0 atom stereocenters. The number of aromatic carboxylic acids is 1. The Labute approximate surface area is 157 Å². The smallest absolute Gasteiger partial charge is 0.339 e. The maximum Gasteiger partial charge on any atom is 0.339 e. The highest BCUT2D eigenvalue weighted by molar-refractivity contribution is 5.91. The average Bonchev–Trinajstić information content (AvgIpc) is 2.69. The lowest BCUT2D eigenvalue weighted by molar-refractivity contribution is -0.121. The molecule has 2 aromatic rings. The Morgan fingerprint density at radius 3 is 2.33 bits per heavy atom. The van der Waals surface area contributed by atoms with E-state index in [4.69, 9.17) is 14.2 Å². The number of carboxylic acids is 1. The normalized spacial score (nSPS) is 10.1. The lowest BCUT2D eigenvalue weighted by Crippen LogP contribution is -2.23. The molecule has 0 heterocycles. The summed E-state index contributed by atoms with van der Waals surface area (Å²) in [5.41, 5.74) is 0.758. The minimum atomic E-state index is -1.07. The number of carbonyl (C=O) groups is 2. The van der Waals surface area contributed by atoms with Crippen molar-refractivity contribution in [3.63, 3.8) is 0 Å². The van der Waals surface area contributed by atoms with E-state index in [1.165, 1.54) is 13.2 Å². The number of nitrogens with one attached hydrogen (secondary N) is 1. The van der Waals surface area contributed by atoms with E-state index in [0.717, 1.165) is 11.5 Å². The highest BCUT2D eigenvalue weighted by atomic mass is 16.5. The third-order valence-corrected chi connectivity index (χ3v) is 3.86. The van der Waals surface area contributed by atoms with Gasteiger partial charge in [0.15, 0.2) is 0 Å². The molecule has 0 aliphatic heterocycles. The minimum Gasteiger partial charge on any atom is -0.497 e. The molecule has 2 N–H and O–H groups in total. The van der Waals surface area contributed by atoms with Gasteiger partial charge in [-0.3, -0.25) is 4.79 Å². The van der Waals surface area contributed by atoms with Crippen molar-refractivity contribution in [2.24, 2.45) is 0 Å². The van der Waals surface area contributed by atoms with E-state index in [1.54, 1.807) is 19.2 Å². The standard InChI is InChI=1S/C20H23NO6/c1-25-15-6-8-16(9-7-15)27-11-3-4-19(22)21-13-14-5-10-18(26-2)17(12-14)20(23)24/h5-10,12H,3-4,11,13H2,1-2H3,(H,21,22)(H,23,24). The molecule has 0 bridgehead atoms. The first kappa shape index (κ1) is 20.1. The van der Waals surface area contributed by atoms with Gasteiger partial charge >= 0.3 is 5.97 Å². The predicted octanol–water partition coefficient (Wildman–Crippen LogP) is 2.88. The molecule has 0 fully saturated rings. The Kier molecular flexibility index (Phi) is 7.49. The number of ether oxygens (including phenoxy) is 3. The number of benzene rings is 2. The van der Waals surface area contributed by atoms with Crippen LogP contribution in [0.15, 0.2) is 42.5 Å². The van der Waals surface area contributed by atoms with Gasteiger partial charge in [-0.05, 0) is 48.4 Å². The van der Waals surface area contributed by atoms with E-state index in [1.807, 2.05) is 24.3 Å². The summed E-state index contributed by atoms with van der Waals surface area (Å²) in [6.45, 7) is 0.674. The molecule has 144 valence electrons. The highest BCUT2D eigenvalue weighted by Crippen LogP contribution is 2.20. The zero-order valence-electron chi connectivity index (χ0n) is 15.4. The van der Waals surface area contributed by atoms with Crippen LogP contribution in [0.2, 0.25) is 0 Å². The van der Waals surface area contributed by atoms with E-state index < -0.39 is 5.97 Å².